The van der Waals surface area contributed by atoms with Crippen LogP contribution in [0.3, 0.4) is 0 Å². The molecule has 0 aliphatic carbocycles. The van der Waals surface area contributed by atoms with Crippen LogP contribution in [0.1, 0.15) is 5.56 Å². The van der Waals surface area contributed by atoms with Gasteiger partial charge in [0.1, 0.15) is 11.5 Å². The Morgan fingerprint density at radius 2 is 1.86 bits per heavy atom. The number of hydrazine groups is 1. The summed E-state index contributed by atoms with van der Waals surface area (Å²) in [6, 6.07) is 12.6. The zero-order valence-corrected chi connectivity index (χ0v) is 19.2. The maximum Gasteiger partial charge on any atom is 0.276 e. The molecule has 0 aliphatic heterocycles. The fourth-order valence-corrected chi connectivity index (χ4v) is 3.37. The molecule has 0 bridgehead atoms. The van der Waals surface area contributed by atoms with Crippen LogP contribution in [0.5, 0.6) is 11.5 Å². The lowest BCUT2D eigenvalue weighted by molar-refractivity contribution is -0.123. The van der Waals surface area contributed by atoms with Crippen LogP contribution < -0.4 is 25.6 Å². The van der Waals surface area contributed by atoms with Gasteiger partial charge >= 0.3 is 0 Å². The SMILES string of the molecule is COc1ccccc1/C=C/C(=O)NC(=S)NNC(=O)COc1ccc(Br)cc1Br. The summed E-state index contributed by atoms with van der Waals surface area (Å²) >= 11 is 11.6. The molecule has 0 unspecified atom stereocenters. The number of para-hydroxylation sites is 1. The van der Waals surface area contributed by atoms with Crippen molar-refractivity contribution in [3.05, 3.63) is 63.0 Å². The first kappa shape index (κ1) is 22.9. The van der Waals surface area contributed by atoms with Crippen LogP contribution in [0, 0.1) is 0 Å². The summed E-state index contributed by atoms with van der Waals surface area (Å²) in [5.41, 5.74) is 5.52. The van der Waals surface area contributed by atoms with E-state index in [2.05, 4.69) is 48.0 Å². The van der Waals surface area contributed by atoms with Gasteiger partial charge in [-0.15, -0.1) is 0 Å². The van der Waals surface area contributed by atoms with Gasteiger partial charge in [-0.2, -0.15) is 0 Å². The lowest BCUT2D eigenvalue weighted by Crippen LogP contribution is -2.49. The van der Waals surface area contributed by atoms with Crippen LogP contribution in [0.25, 0.3) is 6.08 Å². The number of ether oxygens (including phenoxy) is 2. The van der Waals surface area contributed by atoms with Gasteiger partial charge < -0.3 is 9.47 Å². The highest BCUT2D eigenvalue weighted by Gasteiger charge is 2.07. The van der Waals surface area contributed by atoms with E-state index in [4.69, 9.17) is 21.7 Å². The summed E-state index contributed by atoms with van der Waals surface area (Å²) in [7, 11) is 1.55. The lowest BCUT2D eigenvalue weighted by Gasteiger charge is -2.11. The predicted molar refractivity (Wildman–Crippen MR) is 121 cm³/mol. The molecule has 0 fully saturated rings. The Labute approximate surface area is 190 Å². The van der Waals surface area contributed by atoms with Crippen molar-refractivity contribution in [2.45, 2.75) is 0 Å². The maximum atomic E-state index is 11.9. The quantitative estimate of drug-likeness (QED) is 0.295. The summed E-state index contributed by atoms with van der Waals surface area (Å²) in [6.45, 7) is -0.239. The standard InChI is InChI=1S/C19H17Br2N3O4S/c1-27-15-5-3-2-4-12(15)6-9-17(25)22-19(29)24-23-18(26)11-28-16-8-7-13(20)10-14(16)21/h2-10H,11H2,1H3,(H,23,26)(H2,22,24,25,29)/b9-6+. The number of hydrogen-bond acceptors (Lipinski definition) is 5. The molecule has 2 aromatic carbocycles. The van der Waals surface area contributed by atoms with Crippen molar-refractivity contribution in [2.75, 3.05) is 13.7 Å². The van der Waals surface area contributed by atoms with Crippen molar-refractivity contribution in [3.63, 3.8) is 0 Å². The summed E-state index contributed by atoms with van der Waals surface area (Å²) < 4.78 is 12.2. The van der Waals surface area contributed by atoms with Crippen LogP contribution in [-0.4, -0.2) is 30.6 Å². The van der Waals surface area contributed by atoms with E-state index in [1.54, 1.807) is 37.5 Å². The molecule has 0 aromatic heterocycles. The Kier molecular flexibility index (Phi) is 9.10. The van der Waals surface area contributed by atoms with Crippen molar-refractivity contribution >= 4 is 67.1 Å². The normalized spacial score (nSPS) is 10.3. The molecule has 0 atom stereocenters. The third-order valence-corrected chi connectivity index (χ3v) is 4.68. The molecule has 2 rings (SSSR count). The van der Waals surface area contributed by atoms with Gasteiger partial charge in [-0.05, 0) is 58.5 Å². The average molecular weight is 543 g/mol. The van der Waals surface area contributed by atoms with Gasteiger partial charge in [0.2, 0.25) is 5.91 Å². The number of carbonyl (C=O) groups excluding carboxylic acids is 2. The molecule has 0 aliphatic rings. The summed E-state index contributed by atoms with van der Waals surface area (Å²) in [4.78, 5) is 23.8. The van der Waals surface area contributed by atoms with Crippen molar-refractivity contribution < 1.29 is 19.1 Å². The fraction of sp³-hybridized carbons (Fsp3) is 0.105. The Hall–Kier alpha value is -2.43. The van der Waals surface area contributed by atoms with E-state index in [-0.39, 0.29) is 11.7 Å². The minimum absolute atomic E-state index is 0.0575. The molecule has 0 saturated heterocycles. The fourth-order valence-electron chi connectivity index (χ4n) is 2.05. The zero-order chi connectivity index (χ0) is 21.2. The van der Waals surface area contributed by atoms with Crippen LogP contribution in [-0.2, 0) is 9.59 Å². The Morgan fingerprint density at radius 1 is 1.10 bits per heavy atom. The first-order chi connectivity index (χ1) is 13.9. The summed E-state index contributed by atoms with van der Waals surface area (Å²) in [5, 5.41) is 2.36. The number of nitrogens with one attached hydrogen (secondary N) is 3. The third-order valence-electron chi connectivity index (χ3n) is 3.36. The molecule has 152 valence electrons. The Morgan fingerprint density at radius 3 is 2.59 bits per heavy atom. The molecule has 2 amide bonds. The number of rotatable bonds is 6. The maximum absolute atomic E-state index is 11.9. The lowest BCUT2D eigenvalue weighted by atomic mass is 10.2. The zero-order valence-electron chi connectivity index (χ0n) is 15.2. The highest BCUT2D eigenvalue weighted by Crippen LogP contribution is 2.28. The van der Waals surface area contributed by atoms with Gasteiger partial charge in [-0.1, -0.05) is 34.1 Å². The number of methoxy groups -OCH3 is 1. The number of halogens is 2. The van der Waals surface area contributed by atoms with Crippen molar-refractivity contribution in [2.24, 2.45) is 0 Å². The minimum Gasteiger partial charge on any atom is -0.496 e. The number of amides is 2. The van der Waals surface area contributed by atoms with Crippen molar-refractivity contribution in [1.29, 1.82) is 0 Å². The third kappa shape index (κ3) is 7.84. The second-order valence-electron chi connectivity index (χ2n) is 5.43. The molecule has 0 saturated carbocycles. The summed E-state index contributed by atoms with van der Waals surface area (Å²) in [5.74, 6) is 0.223. The molecule has 29 heavy (non-hydrogen) atoms. The average Bonchev–Trinajstić information content (AvgIpc) is 2.70. The van der Waals surface area contributed by atoms with Gasteiger partial charge in [0, 0.05) is 16.1 Å². The molecule has 0 spiro atoms. The second kappa shape index (κ2) is 11.5. The molecule has 2 aromatic rings. The van der Waals surface area contributed by atoms with Crippen molar-refractivity contribution in [1.82, 2.24) is 16.2 Å². The smallest absolute Gasteiger partial charge is 0.276 e. The highest BCUT2D eigenvalue weighted by molar-refractivity contribution is 9.11. The molecule has 0 radical (unpaired) electrons. The second-order valence-corrected chi connectivity index (χ2v) is 7.61. The van der Waals surface area contributed by atoms with E-state index in [1.807, 2.05) is 18.2 Å². The molecule has 7 nitrogen and oxygen atoms in total. The monoisotopic (exact) mass is 541 g/mol. The van der Waals surface area contributed by atoms with E-state index in [1.165, 1.54) is 6.08 Å². The van der Waals surface area contributed by atoms with E-state index < -0.39 is 11.8 Å². The van der Waals surface area contributed by atoms with Crippen LogP contribution in [0.2, 0.25) is 0 Å². The molecule has 3 N–H and O–H groups in total. The van der Waals surface area contributed by atoms with E-state index in [0.29, 0.717) is 16.0 Å². The minimum atomic E-state index is -0.471. The topological polar surface area (TPSA) is 88.7 Å². The number of carbonyl (C=O) groups is 2. The van der Waals surface area contributed by atoms with Gasteiger partial charge in [0.15, 0.2) is 11.7 Å². The first-order valence-electron chi connectivity index (χ1n) is 8.18. The van der Waals surface area contributed by atoms with Gasteiger partial charge in [0.25, 0.3) is 5.91 Å². The number of benzene rings is 2. The van der Waals surface area contributed by atoms with Crippen LogP contribution in [0.4, 0.5) is 0 Å². The van der Waals surface area contributed by atoms with Gasteiger partial charge in [0.05, 0.1) is 11.6 Å². The van der Waals surface area contributed by atoms with E-state index >= 15 is 0 Å². The van der Waals surface area contributed by atoms with Gasteiger partial charge in [-0.3, -0.25) is 25.8 Å². The van der Waals surface area contributed by atoms with Crippen LogP contribution in [0.15, 0.2) is 57.5 Å². The van der Waals surface area contributed by atoms with Crippen LogP contribution >= 0.6 is 44.1 Å². The molecular weight excluding hydrogens is 526 g/mol. The highest BCUT2D eigenvalue weighted by atomic mass is 79.9. The number of hydrogen-bond donors (Lipinski definition) is 3. The molecule has 10 heteroatoms. The first-order valence-corrected chi connectivity index (χ1v) is 10.2. The van der Waals surface area contributed by atoms with Crippen molar-refractivity contribution in [3.8, 4) is 11.5 Å². The van der Waals surface area contributed by atoms with E-state index in [9.17, 15) is 9.59 Å². The van der Waals surface area contributed by atoms with E-state index in [0.717, 1.165) is 10.0 Å². The van der Waals surface area contributed by atoms with Gasteiger partial charge in [-0.25, -0.2) is 0 Å². The Balaban J connectivity index is 1.75. The molecule has 0 heterocycles. The molecular formula is C19H17Br2N3O4S. The number of thiocarbonyl (C=S) groups is 1. The largest absolute Gasteiger partial charge is 0.496 e. The predicted octanol–water partition coefficient (Wildman–Crippen LogP) is 3.33. The Bertz CT molecular complexity index is 937. The summed E-state index contributed by atoms with van der Waals surface area (Å²) in [6.07, 6.45) is 2.90.